The van der Waals surface area contributed by atoms with Crippen molar-refractivity contribution in [3.05, 3.63) is 17.7 Å². The summed E-state index contributed by atoms with van der Waals surface area (Å²) in [4.78, 5) is 7.94. The second-order valence-corrected chi connectivity index (χ2v) is 2.80. The van der Waals surface area contributed by atoms with Gasteiger partial charge < -0.3 is 14.4 Å². The van der Waals surface area contributed by atoms with Gasteiger partial charge in [0.1, 0.15) is 0 Å². The Labute approximate surface area is 87.9 Å². The van der Waals surface area contributed by atoms with Crippen LogP contribution in [0.2, 0.25) is 0 Å². The van der Waals surface area contributed by atoms with Crippen molar-refractivity contribution in [1.29, 1.82) is 0 Å². The molecule has 0 fully saturated rings. The van der Waals surface area contributed by atoms with Crippen molar-refractivity contribution in [2.75, 3.05) is 14.2 Å². The molecule has 1 aromatic rings. The van der Waals surface area contributed by atoms with Crippen molar-refractivity contribution in [3.8, 4) is 17.2 Å². The topological polar surface area (TPSA) is 60.3 Å². The third kappa shape index (κ3) is 2.38. The first-order valence-corrected chi connectivity index (χ1v) is 4.25. The van der Waals surface area contributed by atoms with Crippen LogP contribution in [0.25, 0.3) is 0 Å². The molecule has 0 amide bonds. The molecule has 1 rings (SSSR count). The third-order valence-corrected chi connectivity index (χ3v) is 1.91. The number of nitrogens with zero attached hydrogens (tertiary/aromatic N) is 1. The summed E-state index contributed by atoms with van der Waals surface area (Å²) >= 11 is 0. The largest absolute Gasteiger partial charge is 0.493 e. The summed E-state index contributed by atoms with van der Waals surface area (Å²) in [6.45, 7) is 3.84. The molecule has 0 unspecified atom stereocenters. The lowest BCUT2D eigenvalue weighted by atomic mass is 10.2. The molecule has 15 heavy (non-hydrogen) atoms. The Bertz CT molecular complexity index is 326. The summed E-state index contributed by atoms with van der Waals surface area (Å²) in [5.41, 5.74) is 0.861. The van der Waals surface area contributed by atoms with E-state index in [1.807, 2.05) is 0 Å². The van der Waals surface area contributed by atoms with Crippen LogP contribution < -0.4 is 14.4 Å². The zero-order valence-corrected chi connectivity index (χ0v) is 8.69. The highest BCUT2D eigenvalue weighted by Gasteiger charge is 2.14. The van der Waals surface area contributed by atoms with Crippen LogP contribution in [0.5, 0.6) is 17.2 Å². The Morgan fingerprint density at radius 3 is 2.13 bits per heavy atom. The molecule has 0 heterocycles. The second kappa shape index (κ2) is 5.21. The molecule has 0 aliphatic heterocycles. The van der Waals surface area contributed by atoms with Crippen LogP contribution in [0.3, 0.4) is 0 Å². The molecule has 82 valence electrons. The van der Waals surface area contributed by atoms with Crippen LogP contribution in [-0.2, 0) is 6.54 Å². The summed E-state index contributed by atoms with van der Waals surface area (Å²) in [7, 11) is 2.95. The highest BCUT2D eigenvalue weighted by molar-refractivity contribution is 5.53. The lowest BCUT2D eigenvalue weighted by Crippen LogP contribution is -1.97. The van der Waals surface area contributed by atoms with E-state index in [0.717, 1.165) is 5.56 Å². The summed E-state index contributed by atoms with van der Waals surface area (Å²) < 4.78 is 10.1. The van der Waals surface area contributed by atoms with Gasteiger partial charge in [-0.3, -0.25) is 4.99 Å². The zero-order chi connectivity index (χ0) is 11.3. The molecular formula is C10H13NO4. The molecule has 5 heteroatoms. The third-order valence-electron chi connectivity index (χ3n) is 1.91. The van der Waals surface area contributed by atoms with Crippen LogP contribution in [0.1, 0.15) is 5.56 Å². The fraction of sp³-hybridized carbons (Fsp3) is 0.300. The Morgan fingerprint density at radius 1 is 1.27 bits per heavy atom. The maximum Gasteiger partial charge on any atom is 0.248 e. The van der Waals surface area contributed by atoms with Crippen molar-refractivity contribution in [2.45, 2.75) is 6.54 Å². The van der Waals surface area contributed by atoms with Crippen molar-refractivity contribution < 1.29 is 19.6 Å². The standard InChI is InChI=1S/C10H13NO4/c1-11-6-7-4-8(13-2)10(15-12)9(5-7)14-3/h4-5,12H,1,6H2,2-3H3. The van der Waals surface area contributed by atoms with E-state index >= 15 is 0 Å². The average Bonchev–Trinajstić information content (AvgIpc) is 2.28. The molecular weight excluding hydrogens is 198 g/mol. The number of rotatable bonds is 5. The van der Waals surface area contributed by atoms with Gasteiger partial charge in [-0.15, -0.1) is 0 Å². The molecule has 0 saturated carbocycles. The lowest BCUT2D eigenvalue weighted by molar-refractivity contribution is -0.140. The highest BCUT2D eigenvalue weighted by atomic mass is 17.1. The molecule has 1 aromatic carbocycles. The fourth-order valence-corrected chi connectivity index (χ4v) is 1.24. The molecule has 1 N–H and O–H groups in total. The van der Waals surface area contributed by atoms with E-state index in [1.165, 1.54) is 14.2 Å². The second-order valence-electron chi connectivity index (χ2n) is 2.80. The number of aliphatic imine (C=N–C) groups is 1. The minimum Gasteiger partial charge on any atom is -0.493 e. The minimum absolute atomic E-state index is 0.146. The van der Waals surface area contributed by atoms with Gasteiger partial charge in [0.25, 0.3) is 0 Å². The highest BCUT2D eigenvalue weighted by Crippen LogP contribution is 2.38. The summed E-state index contributed by atoms with van der Waals surface area (Å²) in [5, 5.41) is 8.69. The van der Waals surface area contributed by atoms with E-state index in [2.05, 4.69) is 16.6 Å². The quantitative estimate of drug-likeness (QED) is 0.458. The average molecular weight is 211 g/mol. The predicted molar refractivity (Wildman–Crippen MR) is 56.1 cm³/mol. The van der Waals surface area contributed by atoms with Gasteiger partial charge in [0.15, 0.2) is 11.5 Å². The smallest absolute Gasteiger partial charge is 0.248 e. The number of hydrogen-bond donors (Lipinski definition) is 1. The van der Waals surface area contributed by atoms with E-state index < -0.39 is 0 Å². The van der Waals surface area contributed by atoms with E-state index in [-0.39, 0.29) is 5.75 Å². The first-order valence-electron chi connectivity index (χ1n) is 4.25. The van der Waals surface area contributed by atoms with Crippen LogP contribution in [0.4, 0.5) is 0 Å². The van der Waals surface area contributed by atoms with E-state index in [0.29, 0.717) is 18.0 Å². The number of methoxy groups -OCH3 is 2. The van der Waals surface area contributed by atoms with Crippen LogP contribution in [0.15, 0.2) is 17.1 Å². The molecule has 0 radical (unpaired) electrons. The van der Waals surface area contributed by atoms with Gasteiger partial charge in [0.05, 0.1) is 20.8 Å². The molecule has 0 aliphatic carbocycles. The van der Waals surface area contributed by atoms with Crippen molar-refractivity contribution in [2.24, 2.45) is 4.99 Å². The molecule has 5 nitrogen and oxygen atoms in total. The summed E-state index contributed by atoms with van der Waals surface area (Å²) in [6, 6.07) is 3.39. The van der Waals surface area contributed by atoms with Gasteiger partial charge in [-0.25, -0.2) is 5.26 Å². The van der Waals surface area contributed by atoms with E-state index in [1.54, 1.807) is 12.1 Å². The number of ether oxygens (including phenoxy) is 2. The number of benzene rings is 1. The van der Waals surface area contributed by atoms with Crippen LogP contribution >= 0.6 is 0 Å². The van der Waals surface area contributed by atoms with Gasteiger partial charge in [-0.05, 0) is 24.4 Å². The molecule has 0 saturated heterocycles. The normalized spacial score (nSPS) is 9.53. The molecule has 0 atom stereocenters. The zero-order valence-electron chi connectivity index (χ0n) is 8.69. The van der Waals surface area contributed by atoms with Gasteiger partial charge in [-0.1, -0.05) is 0 Å². The maximum atomic E-state index is 8.69. The van der Waals surface area contributed by atoms with Crippen LogP contribution in [0, 0.1) is 0 Å². The first kappa shape index (κ1) is 11.3. The summed E-state index contributed by atoms with van der Waals surface area (Å²) in [5.74, 6) is 0.916. The van der Waals surface area contributed by atoms with Crippen molar-refractivity contribution in [1.82, 2.24) is 0 Å². The Kier molecular flexibility index (Phi) is 3.93. The summed E-state index contributed by atoms with van der Waals surface area (Å²) in [6.07, 6.45) is 0. The Hall–Kier alpha value is -1.75. The molecule has 0 aliphatic rings. The van der Waals surface area contributed by atoms with Gasteiger partial charge >= 0.3 is 0 Å². The van der Waals surface area contributed by atoms with Crippen molar-refractivity contribution in [3.63, 3.8) is 0 Å². The Balaban J connectivity index is 3.22. The van der Waals surface area contributed by atoms with Crippen LogP contribution in [-0.4, -0.2) is 26.2 Å². The lowest BCUT2D eigenvalue weighted by Gasteiger charge is -2.11. The van der Waals surface area contributed by atoms with E-state index in [4.69, 9.17) is 14.7 Å². The minimum atomic E-state index is 0.146. The van der Waals surface area contributed by atoms with Gasteiger partial charge in [-0.2, -0.15) is 0 Å². The monoisotopic (exact) mass is 211 g/mol. The Morgan fingerprint density at radius 2 is 1.80 bits per heavy atom. The molecule has 0 aromatic heterocycles. The first-order chi connectivity index (χ1) is 7.26. The predicted octanol–water partition coefficient (Wildman–Crippen LogP) is 1.76. The maximum absolute atomic E-state index is 8.69. The van der Waals surface area contributed by atoms with Gasteiger partial charge in [0.2, 0.25) is 5.75 Å². The number of hydrogen-bond acceptors (Lipinski definition) is 5. The SMILES string of the molecule is C=NCc1cc(OC)c(OO)c(OC)c1. The molecule has 0 spiro atoms. The van der Waals surface area contributed by atoms with E-state index in [9.17, 15) is 0 Å². The molecule has 0 bridgehead atoms. The van der Waals surface area contributed by atoms with Crippen molar-refractivity contribution >= 4 is 6.72 Å². The van der Waals surface area contributed by atoms with Gasteiger partial charge in [0, 0.05) is 0 Å². The fourth-order valence-electron chi connectivity index (χ4n) is 1.24.